The first kappa shape index (κ1) is 16.4. The summed E-state index contributed by atoms with van der Waals surface area (Å²) in [5.41, 5.74) is 1.07. The van der Waals surface area contributed by atoms with Crippen LogP contribution in [0.1, 0.15) is 42.5 Å². The Labute approximate surface area is 120 Å². The van der Waals surface area contributed by atoms with Gasteiger partial charge in [-0.1, -0.05) is 13.8 Å². The Balaban J connectivity index is 2.91. The summed E-state index contributed by atoms with van der Waals surface area (Å²) in [6.07, 6.45) is 2.47. The molecule has 6 heteroatoms. The van der Waals surface area contributed by atoms with Crippen molar-refractivity contribution < 1.29 is 9.53 Å². The molecule has 1 N–H and O–H groups in total. The van der Waals surface area contributed by atoms with Gasteiger partial charge in [-0.15, -0.1) is 0 Å². The smallest absolute Gasteiger partial charge is 0.274 e. The summed E-state index contributed by atoms with van der Waals surface area (Å²) in [5, 5.41) is 2.97. The number of anilines is 1. The summed E-state index contributed by atoms with van der Waals surface area (Å²) in [7, 11) is 5.18. The number of nitrogens with one attached hydrogen (secondary N) is 1. The molecule has 1 aromatic heterocycles. The number of aromatic nitrogens is 2. The molecule has 1 heterocycles. The summed E-state index contributed by atoms with van der Waals surface area (Å²) < 4.78 is 5.00. The van der Waals surface area contributed by atoms with Crippen molar-refractivity contribution in [3.8, 4) is 0 Å². The minimum Gasteiger partial charge on any atom is -0.385 e. The van der Waals surface area contributed by atoms with Gasteiger partial charge in [0.05, 0.1) is 11.9 Å². The maximum atomic E-state index is 12.4. The molecule has 0 aliphatic heterocycles. The third-order valence-corrected chi connectivity index (χ3v) is 2.98. The second-order valence-electron chi connectivity index (χ2n) is 4.97. The molecule has 0 atom stereocenters. The Kier molecular flexibility index (Phi) is 6.38. The van der Waals surface area contributed by atoms with Crippen molar-refractivity contribution in [2.75, 3.05) is 39.7 Å². The first-order valence-electron chi connectivity index (χ1n) is 6.80. The molecule has 6 nitrogen and oxygen atoms in total. The van der Waals surface area contributed by atoms with Crippen LogP contribution in [0.3, 0.4) is 0 Å². The Morgan fingerprint density at radius 2 is 2.20 bits per heavy atom. The van der Waals surface area contributed by atoms with Crippen molar-refractivity contribution in [3.63, 3.8) is 0 Å². The number of hydrogen-bond acceptors (Lipinski definition) is 5. The van der Waals surface area contributed by atoms with Gasteiger partial charge in [0.2, 0.25) is 0 Å². The Morgan fingerprint density at radius 1 is 1.50 bits per heavy atom. The molecule has 0 fully saturated rings. The van der Waals surface area contributed by atoms with E-state index < -0.39 is 0 Å². The highest BCUT2D eigenvalue weighted by molar-refractivity contribution is 5.97. The number of carbonyl (C=O) groups is 1. The first-order valence-corrected chi connectivity index (χ1v) is 6.80. The predicted molar refractivity (Wildman–Crippen MR) is 79.1 cm³/mol. The van der Waals surface area contributed by atoms with Gasteiger partial charge < -0.3 is 15.0 Å². The Morgan fingerprint density at radius 3 is 2.75 bits per heavy atom. The molecule has 1 aromatic rings. The molecule has 0 saturated heterocycles. The molecule has 0 unspecified atom stereocenters. The number of ether oxygens (including phenoxy) is 1. The second-order valence-corrected chi connectivity index (χ2v) is 4.97. The van der Waals surface area contributed by atoms with E-state index in [1.165, 1.54) is 0 Å². The molecule has 0 spiro atoms. The van der Waals surface area contributed by atoms with Gasteiger partial charge in [0.25, 0.3) is 5.91 Å². The van der Waals surface area contributed by atoms with Crippen LogP contribution < -0.4 is 5.32 Å². The topological polar surface area (TPSA) is 67.4 Å². The van der Waals surface area contributed by atoms with Crippen LogP contribution in [0.5, 0.6) is 0 Å². The van der Waals surface area contributed by atoms with E-state index in [0.29, 0.717) is 30.4 Å². The normalized spacial score (nSPS) is 10.7. The molecule has 1 amide bonds. The maximum Gasteiger partial charge on any atom is 0.274 e. The van der Waals surface area contributed by atoms with Crippen molar-refractivity contribution in [3.05, 3.63) is 17.7 Å². The Bertz CT molecular complexity index is 449. The van der Waals surface area contributed by atoms with E-state index in [9.17, 15) is 4.79 Å². The molecule has 0 saturated carbocycles. The lowest BCUT2D eigenvalue weighted by molar-refractivity contribution is 0.0774. The lowest BCUT2D eigenvalue weighted by atomic mass is 10.2. The number of hydrogen-bond donors (Lipinski definition) is 1. The number of nitrogens with zero attached hydrogens (tertiary/aromatic N) is 3. The van der Waals surface area contributed by atoms with E-state index in [2.05, 4.69) is 15.3 Å². The van der Waals surface area contributed by atoms with Crippen LogP contribution in [-0.4, -0.2) is 55.1 Å². The van der Waals surface area contributed by atoms with Crippen LogP contribution in [0.4, 0.5) is 5.69 Å². The van der Waals surface area contributed by atoms with E-state index in [-0.39, 0.29) is 11.8 Å². The lowest BCUT2D eigenvalue weighted by Gasteiger charge is -2.18. The SMILES string of the molecule is CNc1cnc(C(C)C)nc1C(=O)N(C)CCCOC. The molecule has 0 aliphatic carbocycles. The zero-order chi connectivity index (χ0) is 15.1. The largest absolute Gasteiger partial charge is 0.385 e. The summed E-state index contributed by atoms with van der Waals surface area (Å²) in [6.45, 7) is 5.28. The minimum atomic E-state index is -0.102. The lowest BCUT2D eigenvalue weighted by Crippen LogP contribution is -2.30. The quantitative estimate of drug-likeness (QED) is 0.771. The van der Waals surface area contributed by atoms with E-state index >= 15 is 0 Å². The zero-order valence-corrected chi connectivity index (χ0v) is 12.9. The monoisotopic (exact) mass is 280 g/mol. The van der Waals surface area contributed by atoms with Gasteiger partial charge >= 0.3 is 0 Å². The third kappa shape index (κ3) is 4.16. The van der Waals surface area contributed by atoms with Gasteiger partial charge in [-0.3, -0.25) is 4.79 Å². The highest BCUT2D eigenvalue weighted by atomic mass is 16.5. The predicted octanol–water partition coefficient (Wildman–Crippen LogP) is 1.75. The van der Waals surface area contributed by atoms with Crippen LogP contribution in [0.2, 0.25) is 0 Å². The standard InChI is InChI=1S/C14H24N4O2/c1-10(2)13-16-9-11(15-3)12(17-13)14(19)18(4)7-6-8-20-5/h9-10,15H,6-8H2,1-5H3. The van der Waals surface area contributed by atoms with Gasteiger partial charge in [0.15, 0.2) is 5.69 Å². The molecule has 112 valence electrons. The first-order chi connectivity index (χ1) is 9.51. The fourth-order valence-electron chi connectivity index (χ4n) is 1.75. The number of amides is 1. The number of methoxy groups -OCH3 is 1. The van der Waals surface area contributed by atoms with Crippen LogP contribution in [0.15, 0.2) is 6.20 Å². The van der Waals surface area contributed by atoms with Gasteiger partial charge in [0, 0.05) is 40.3 Å². The Hall–Kier alpha value is -1.69. The van der Waals surface area contributed by atoms with Gasteiger partial charge in [0.1, 0.15) is 5.82 Å². The van der Waals surface area contributed by atoms with E-state index in [4.69, 9.17) is 4.74 Å². The number of rotatable bonds is 7. The average Bonchev–Trinajstić information content (AvgIpc) is 2.45. The second kappa shape index (κ2) is 7.79. The highest BCUT2D eigenvalue weighted by Gasteiger charge is 2.19. The van der Waals surface area contributed by atoms with Crippen molar-refractivity contribution in [1.82, 2.24) is 14.9 Å². The van der Waals surface area contributed by atoms with Crippen LogP contribution in [-0.2, 0) is 4.74 Å². The molecule has 0 aliphatic rings. The fourth-order valence-corrected chi connectivity index (χ4v) is 1.75. The molecule has 1 rings (SSSR count). The molecule has 20 heavy (non-hydrogen) atoms. The zero-order valence-electron chi connectivity index (χ0n) is 12.9. The third-order valence-electron chi connectivity index (χ3n) is 2.98. The van der Waals surface area contributed by atoms with E-state index in [0.717, 1.165) is 6.42 Å². The molecule has 0 bridgehead atoms. The van der Waals surface area contributed by atoms with Gasteiger partial charge in [-0.05, 0) is 6.42 Å². The van der Waals surface area contributed by atoms with Crippen molar-refractivity contribution in [2.24, 2.45) is 0 Å². The fraction of sp³-hybridized carbons (Fsp3) is 0.643. The minimum absolute atomic E-state index is 0.102. The molecule has 0 radical (unpaired) electrons. The van der Waals surface area contributed by atoms with E-state index in [1.807, 2.05) is 13.8 Å². The van der Waals surface area contributed by atoms with Gasteiger partial charge in [-0.25, -0.2) is 9.97 Å². The van der Waals surface area contributed by atoms with Gasteiger partial charge in [-0.2, -0.15) is 0 Å². The van der Waals surface area contributed by atoms with Crippen molar-refractivity contribution in [2.45, 2.75) is 26.2 Å². The van der Waals surface area contributed by atoms with Crippen LogP contribution in [0, 0.1) is 0 Å². The van der Waals surface area contributed by atoms with Crippen molar-refractivity contribution >= 4 is 11.6 Å². The molecule has 0 aromatic carbocycles. The summed E-state index contributed by atoms with van der Waals surface area (Å²) in [6, 6.07) is 0. The average molecular weight is 280 g/mol. The maximum absolute atomic E-state index is 12.4. The molecular formula is C14H24N4O2. The summed E-state index contributed by atoms with van der Waals surface area (Å²) in [4.78, 5) is 22.8. The summed E-state index contributed by atoms with van der Waals surface area (Å²) >= 11 is 0. The van der Waals surface area contributed by atoms with Crippen LogP contribution in [0.25, 0.3) is 0 Å². The summed E-state index contributed by atoms with van der Waals surface area (Å²) in [5.74, 6) is 0.763. The van der Waals surface area contributed by atoms with Crippen molar-refractivity contribution in [1.29, 1.82) is 0 Å². The van der Waals surface area contributed by atoms with E-state index in [1.54, 1.807) is 32.3 Å². The highest BCUT2D eigenvalue weighted by Crippen LogP contribution is 2.17. The number of carbonyl (C=O) groups excluding carboxylic acids is 1. The molecular weight excluding hydrogens is 256 g/mol. The van der Waals surface area contributed by atoms with Crippen LogP contribution >= 0.6 is 0 Å².